The van der Waals surface area contributed by atoms with Gasteiger partial charge in [0, 0.05) is 30.0 Å². The van der Waals surface area contributed by atoms with E-state index in [0.29, 0.717) is 12.2 Å². The lowest BCUT2D eigenvalue weighted by atomic mass is 9.91. The fraction of sp³-hybridized carbons (Fsp3) is 0.389. The summed E-state index contributed by atoms with van der Waals surface area (Å²) in [5.74, 6) is -0.531. The minimum absolute atomic E-state index is 0.0288. The molecule has 126 valence electrons. The third kappa shape index (κ3) is 3.53. The second kappa shape index (κ2) is 6.95. The zero-order valence-electron chi connectivity index (χ0n) is 13.6. The Balaban J connectivity index is 1.64. The molecule has 0 saturated carbocycles. The van der Waals surface area contributed by atoms with Crippen molar-refractivity contribution < 1.29 is 9.18 Å². The SMILES string of the molecule is CCn1c2c(ccc1=O)C[C@@H](NC(=O)Cc1ccc(F)cn1)CC2. The Kier molecular flexibility index (Phi) is 4.74. The number of nitrogens with zero attached hydrogens (tertiary/aromatic N) is 2. The van der Waals surface area contributed by atoms with E-state index in [4.69, 9.17) is 0 Å². The van der Waals surface area contributed by atoms with E-state index in [1.165, 1.54) is 12.1 Å². The Labute approximate surface area is 139 Å². The molecule has 2 aromatic rings. The van der Waals surface area contributed by atoms with Crippen LogP contribution in [-0.2, 0) is 30.6 Å². The number of fused-ring (bicyclic) bond motifs is 1. The highest BCUT2D eigenvalue weighted by atomic mass is 19.1. The molecule has 0 saturated heterocycles. The fourth-order valence-corrected chi connectivity index (χ4v) is 3.25. The molecule has 0 fully saturated rings. The van der Waals surface area contributed by atoms with E-state index in [0.717, 1.165) is 36.7 Å². The number of hydrogen-bond acceptors (Lipinski definition) is 3. The maximum atomic E-state index is 12.8. The number of halogens is 1. The minimum atomic E-state index is -0.412. The average molecular weight is 329 g/mol. The normalized spacial score (nSPS) is 16.5. The van der Waals surface area contributed by atoms with Crippen molar-refractivity contribution in [3.63, 3.8) is 0 Å². The first-order valence-corrected chi connectivity index (χ1v) is 8.18. The fourth-order valence-electron chi connectivity index (χ4n) is 3.25. The largest absolute Gasteiger partial charge is 0.353 e. The van der Waals surface area contributed by atoms with Gasteiger partial charge in [0.25, 0.3) is 5.56 Å². The van der Waals surface area contributed by atoms with E-state index in [9.17, 15) is 14.0 Å². The Bertz CT molecular complexity index is 799. The Morgan fingerprint density at radius 2 is 2.21 bits per heavy atom. The van der Waals surface area contributed by atoms with Gasteiger partial charge in [-0.1, -0.05) is 6.07 Å². The molecule has 2 aromatic heterocycles. The first-order chi connectivity index (χ1) is 11.6. The first-order valence-electron chi connectivity index (χ1n) is 8.18. The quantitative estimate of drug-likeness (QED) is 0.927. The first kappa shape index (κ1) is 16.4. The molecule has 1 aliphatic rings. The van der Waals surface area contributed by atoms with E-state index in [1.54, 1.807) is 10.6 Å². The maximum Gasteiger partial charge on any atom is 0.250 e. The van der Waals surface area contributed by atoms with Crippen LogP contribution in [0.25, 0.3) is 0 Å². The second-order valence-corrected chi connectivity index (χ2v) is 6.04. The molecule has 3 rings (SSSR count). The summed E-state index contributed by atoms with van der Waals surface area (Å²) in [5.41, 5.74) is 2.77. The summed E-state index contributed by atoms with van der Waals surface area (Å²) in [6, 6.07) is 6.33. The standard InChI is InChI=1S/C18H20FN3O2/c1-2-22-16-7-6-15(9-12(16)3-8-18(22)24)21-17(23)10-14-5-4-13(19)11-20-14/h3-5,8,11,15H,2,6-7,9-10H2,1H3,(H,21,23)/t15-/m0/s1. The van der Waals surface area contributed by atoms with Gasteiger partial charge in [-0.05, 0) is 43.9 Å². The molecule has 0 spiro atoms. The summed E-state index contributed by atoms with van der Waals surface area (Å²) in [4.78, 5) is 27.9. The third-order valence-corrected chi connectivity index (χ3v) is 4.40. The number of pyridine rings is 2. The minimum Gasteiger partial charge on any atom is -0.353 e. The molecule has 0 radical (unpaired) electrons. The lowest BCUT2D eigenvalue weighted by molar-refractivity contribution is -0.121. The summed E-state index contributed by atoms with van der Waals surface area (Å²) in [6.45, 7) is 2.63. The molecule has 0 bridgehead atoms. The molecule has 1 amide bonds. The molecule has 0 aliphatic heterocycles. The van der Waals surface area contributed by atoms with Crippen LogP contribution >= 0.6 is 0 Å². The van der Waals surface area contributed by atoms with E-state index in [2.05, 4.69) is 10.3 Å². The predicted octanol–water partition coefficient (Wildman–Crippen LogP) is 1.62. The number of nitrogens with one attached hydrogen (secondary N) is 1. The zero-order chi connectivity index (χ0) is 17.1. The molecule has 0 aromatic carbocycles. The number of aromatic nitrogens is 2. The van der Waals surface area contributed by atoms with Crippen LogP contribution in [0.5, 0.6) is 0 Å². The van der Waals surface area contributed by atoms with Crippen LogP contribution in [0.4, 0.5) is 4.39 Å². The third-order valence-electron chi connectivity index (χ3n) is 4.40. The van der Waals surface area contributed by atoms with E-state index in [-0.39, 0.29) is 23.9 Å². The van der Waals surface area contributed by atoms with Gasteiger partial charge in [-0.3, -0.25) is 14.6 Å². The maximum absolute atomic E-state index is 12.8. The highest BCUT2D eigenvalue weighted by Gasteiger charge is 2.22. The number of hydrogen-bond donors (Lipinski definition) is 1. The molecule has 5 nitrogen and oxygen atoms in total. The van der Waals surface area contributed by atoms with Crippen molar-refractivity contribution >= 4 is 5.91 Å². The van der Waals surface area contributed by atoms with Crippen molar-refractivity contribution in [2.75, 3.05) is 0 Å². The predicted molar refractivity (Wildman–Crippen MR) is 88.2 cm³/mol. The smallest absolute Gasteiger partial charge is 0.250 e. The van der Waals surface area contributed by atoms with Gasteiger partial charge < -0.3 is 9.88 Å². The lowest BCUT2D eigenvalue weighted by Gasteiger charge is -2.27. The van der Waals surface area contributed by atoms with Gasteiger partial charge in [0.15, 0.2) is 0 Å². The summed E-state index contributed by atoms with van der Waals surface area (Å²) in [6.07, 6.45) is 3.55. The topological polar surface area (TPSA) is 64.0 Å². The van der Waals surface area contributed by atoms with Crippen LogP contribution in [-0.4, -0.2) is 21.5 Å². The van der Waals surface area contributed by atoms with Gasteiger partial charge in [-0.15, -0.1) is 0 Å². The van der Waals surface area contributed by atoms with Gasteiger partial charge in [0.1, 0.15) is 5.82 Å². The second-order valence-electron chi connectivity index (χ2n) is 6.04. The number of amides is 1. The van der Waals surface area contributed by atoms with Crippen LogP contribution in [0.3, 0.4) is 0 Å². The van der Waals surface area contributed by atoms with Gasteiger partial charge in [0.2, 0.25) is 5.91 Å². The van der Waals surface area contributed by atoms with Crippen LogP contribution < -0.4 is 10.9 Å². The van der Waals surface area contributed by atoms with E-state index in [1.807, 2.05) is 13.0 Å². The van der Waals surface area contributed by atoms with Crippen molar-refractivity contribution in [2.45, 2.75) is 45.2 Å². The van der Waals surface area contributed by atoms with Gasteiger partial charge in [-0.25, -0.2) is 4.39 Å². The molecule has 1 N–H and O–H groups in total. The number of rotatable bonds is 4. The summed E-state index contributed by atoms with van der Waals surface area (Å²) < 4.78 is 14.6. The number of carbonyl (C=O) groups excluding carboxylic acids is 1. The summed E-state index contributed by atoms with van der Waals surface area (Å²) in [5, 5.41) is 3.01. The Hall–Kier alpha value is -2.50. The number of carbonyl (C=O) groups is 1. The lowest BCUT2D eigenvalue weighted by Crippen LogP contribution is -2.41. The monoisotopic (exact) mass is 329 g/mol. The highest BCUT2D eigenvalue weighted by Crippen LogP contribution is 2.20. The van der Waals surface area contributed by atoms with Crippen molar-refractivity contribution in [3.8, 4) is 0 Å². The Morgan fingerprint density at radius 3 is 2.92 bits per heavy atom. The van der Waals surface area contributed by atoms with Crippen LogP contribution in [0.2, 0.25) is 0 Å². The van der Waals surface area contributed by atoms with Crippen molar-refractivity contribution in [1.29, 1.82) is 0 Å². The van der Waals surface area contributed by atoms with Crippen molar-refractivity contribution in [3.05, 3.63) is 63.6 Å². The van der Waals surface area contributed by atoms with E-state index >= 15 is 0 Å². The molecule has 0 unspecified atom stereocenters. The van der Waals surface area contributed by atoms with Gasteiger partial charge >= 0.3 is 0 Å². The molecule has 1 aliphatic carbocycles. The molecule has 1 atom stereocenters. The van der Waals surface area contributed by atoms with Crippen LogP contribution in [0.1, 0.15) is 30.3 Å². The summed E-state index contributed by atoms with van der Waals surface area (Å²) in [7, 11) is 0. The van der Waals surface area contributed by atoms with Crippen LogP contribution in [0.15, 0.2) is 35.3 Å². The highest BCUT2D eigenvalue weighted by molar-refractivity contribution is 5.78. The average Bonchev–Trinajstić information content (AvgIpc) is 2.57. The molecule has 2 heterocycles. The van der Waals surface area contributed by atoms with Crippen molar-refractivity contribution in [2.24, 2.45) is 0 Å². The zero-order valence-corrected chi connectivity index (χ0v) is 13.6. The molecule has 24 heavy (non-hydrogen) atoms. The molecule has 6 heteroatoms. The molecular weight excluding hydrogens is 309 g/mol. The van der Waals surface area contributed by atoms with Gasteiger partial charge in [-0.2, -0.15) is 0 Å². The van der Waals surface area contributed by atoms with Crippen molar-refractivity contribution in [1.82, 2.24) is 14.9 Å². The Morgan fingerprint density at radius 1 is 1.38 bits per heavy atom. The van der Waals surface area contributed by atoms with Gasteiger partial charge in [0.05, 0.1) is 12.6 Å². The summed E-state index contributed by atoms with van der Waals surface area (Å²) >= 11 is 0. The van der Waals surface area contributed by atoms with Crippen LogP contribution in [0, 0.1) is 5.82 Å². The molecular formula is C18H20FN3O2. The van der Waals surface area contributed by atoms with E-state index < -0.39 is 5.82 Å².